The Kier molecular flexibility index (Phi) is 9.26. The van der Waals surface area contributed by atoms with Crippen LogP contribution in [-0.2, 0) is 19.0 Å². The number of nitrogens with zero attached hydrogens (tertiary/aromatic N) is 4. The summed E-state index contributed by atoms with van der Waals surface area (Å²) in [6.45, 7) is 10.1. The van der Waals surface area contributed by atoms with Gasteiger partial charge in [0.25, 0.3) is 0 Å². The van der Waals surface area contributed by atoms with Crippen LogP contribution in [0.5, 0.6) is 5.75 Å². The van der Waals surface area contributed by atoms with Crippen LogP contribution < -0.4 is 4.74 Å². The van der Waals surface area contributed by atoms with Gasteiger partial charge in [0.15, 0.2) is 6.04 Å². The second kappa shape index (κ2) is 12.1. The molecule has 0 radical (unpaired) electrons. The Hall–Kier alpha value is -3.90. The number of hydrogen-bond donors (Lipinski definition) is 0. The predicted molar refractivity (Wildman–Crippen MR) is 143 cm³/mol. The van der Waals surface area contributed by atoms with E-state index >= 15 is 0 Å². The minimum absolute atomic E-state index is 0.0184. The molecule has 2 fully saturated rings. The fourth-order valence-electron chi connectivity index (χ4n) is 4.27. The molecular formula is C27H38N4O9. The molecule has 0 unspecified atom stereocenters. The first-order valence-corrected chi connectivity index (χ1v) is 13.1. The van der Waals surface area contributed by atoms with Gasteiger partial charge < -0.3 is 23.8 Å². The smallest absolute Gasteiger partial charge is 0.415 e. The lowest BCUT2D eigenvalue weighted by molar-refractivity contribution is -0.152. The molecule has 1 saturated carbocycles. The van der Waals surface area contributed by atoms with E-state index in [1.807, 2.05) is 0 Å². The number of piperazine rings is 1. The minimum atomic E-state index is -1.28. The summed E-state index contributed by atoms with van der Waals surface area (Å²) in [5, 5.41) is 2.83. The Balaban J connectivity index is 1.96. The van der Waals surface area contributed by atoms with Gasteiger partial charge in [0.05, 0.1) is 13.2 Å². The highest BCUT2D eigenvalue weighted by molar-refractivity contribution is 5.84. The number of nitroso groups, excluding NO2 is 1. The highest BCUT2D eigenvalue weighted by atomic mass is 16.6. The van der Waals surface area contributed by atoms with Crippen molar-refractivity contribution in [1.82, 2.24) is 14.7 Å². The van der Waals surface area contributed by atoms with Crippen molar-refractivity contribution in [3.8, 4) is 5.75 Å². The summed E-state index contributed by atoms with van der Waals surface area (Å²) in [4.78, 5) is 67.7. The van der Waals surface area contributed by atoms with E-state index in [4.69, 9.17) is 18.9 Å². The molecular weight excluding hydrogens is 524 g/mol. The third-order valence-electron chi connectivity index (χ3n) is 6.13. The van der Waals surface area contributed by atoms with Gasteiger partial charge >= 0.3 is 24.2 Å². The van der Waals surface area contributed by atoms with Crippen LogP contribution in [0, 0.1) is 4.91 Å². The lowest BCUT2D eigenvalue weighted by atomic mass is 10.0. The zero-order valence-corrected chi connectivity index (χ0v) is 24.0. The first kappa shape index (κ1) is 30.6. The molecule has 0 N–H and O–H groups in total. The fourth-order valence-corrected chi connectivity index (χ4v) is 4.27. The zero-order chi connectivity index (χ0) is 29.8. The maximum atomic E-state index is 13.3. The maximum Gasteiger partial charge on any atom is 0.415 e. The lowest BCUT2D eigenvalue weighted by Crippen LogP contribution is -2.68. The summed E-state index contributed by atoms with van der Waals surface area (Å²) in [6, 6.07) is 3.19. The number of methoxy groups -OCH3 is 1. The molecule has 2 aliphatic rings. The van der Waals surface area contributed by atoms with Gasteiger partial charge in [0.2, 0.25) is 0 Å². The van der Waals surface area contributed by atoms with Crippen molar-refractivity contribution in [2.24, 2.45) is 5.18 Å². The molecule has 0 aromatic heterocycles. The molecule has 13 nitrogen and oxygen atoms in total. The van der Waals surface area contributed by atoms with Gasteiger partial charge in [-0.2, -0.15) is 0 Å². The molecule has 1 aliphatic carbocycles. The molecule has 13 heteroatoms. The first-order chi connectivity index (χ1) is 18.6. The minimum Gasteiger partial charge on any atom is -0.467 e. The third kappa shape index (κ3) is 8.06. The molecule has 0 spiro atoms. The number of ether oxygens (including phenoxy) is 4. The van der Waals surface area contributed by atoms with Crippen molar-refractivity contribution in [3.63, 3.8) is 0 Å². The number of esters is 1. The van der Waals surface area contributed by atoms with E-state index < -0.39 is 47.5 Å². The Bertz CT molecular complexity index is 1110. The van der Waals surface area contributed by atoms with Crippen molar-refractivity contribution in [2.45, 2.75) is 83.7 Å². The molecule has 3 rings (SSSR count). The Morgan fingerprint density at radius 3 is 1.90 bits per heavy atom. The molecule has 0 bridgehead atoms. The maximum absolute atomic E-state index is 13.3. The molecule has 1 aromatic rings. The van der Waals surface area contributed by atoms with Gasteiger partial charge in [-0.1, -0.05) is 0 Å². The molecule has 1 aliphatic heterocycles. The van der Waals surface area contributed by atoms with Crippen LogP contribution in [0.15, 0.2) is 29.4 Å². The summed E-state index contributed by atoms with van der Waals surface area (Å²) in [6.07, 6.45) is -0.768. The molecule has 220 valence electrons. The van der Waals surface area contributed by atoms with Crippen LogP contribution in [0.3, 0.4) is 0 Å². The molecule has 40 heavy (non-hydrogen) atoms. The number of carbonyl (C=O) groups is 4. The standard InChI is InChI=1S/C27H38N4O9/c1-26(2,3)39-24(34)29-14-15-30(25(35)40-27(4,5)6)21(22(32)37-7)20(29)16-31(18-10-11-18)23(33)38-19-12-8-17(28-36)9-13-19/h8-9,12-13,18,20-21H,10-11,14-16H2,1-7H3/t20-,21+/m0/s1. The normalized spacial score (nSPS) is 19.4. The average molecular weight is 563 g/mol. The summed E-state index contributed by atoms with van der Waals surface area (Å²) in [5.74, 6) is -0.583. The fraction of sp³-hybridized carbons (Fsp3) is 0.630. The Morgan fingerprint density at radius 2 is 1.43 bits per heavy atom. The SMILES string of the molecule is COC(=O)[C@H]1[C@H](CN(C(=O)Oc2ccc(N=O)cc2)C2CC2)N(C(=O)OC(C)(C)C)CCN1C(=O)OC(C)(C)C. The quantitative estimate of drug-likeness (QED) is 0.279. The monoisotopic (exact) mass is 562 g/mol. The summed E-state index contributed by atoms with van der Waals surface area (Å²) in [7, 11) is 1.18. The highest BCUT2D eigenvalue weighted by Gasteiger charge is 2.50. The van der Waals surface area contributed by atoms with Gasteiger partial charge in [0, 0.05) is 25.7 Å². The molecule has 1 saturated heterocycles. The summed E-state index contributed by atoms with van der Waals surface area (Å²) >= 11 is 0. The van der Waals surface area contributed by atoms with Crippen LogP contribution in [0.25, 0.3) is 0 Å². The molecule has 2 atom stereocenters. The van der Waals surface area contributed by atoms with Gasteiger partial charge in [-0.25, -0.2) is 19.2 Å². The van der Waals surface area contributed by atoms with Crippen molar-refractivity contribution in [3.05, 3.63) is 29.2 Å². The van der Waals surface area contributed by atoms with Crippen LogP contribution in [0.2, 0.25) is 0 Å². The average Bonchev–Trinajstić information content (AvgIpc) is 3.69. The van der Waals surface area contributed by atoms with Gasteiger partial charge in [-0.05, 0) is 83.8 Å². The van der Waals surface area contributed by atoms with Gasteiger partial charge in [-0.3, -0.25) is 9.80 Å². The Labute approximate surface area is 233 Å². The highest BCUT2D eigenvalue weighted by Crippen LogP contribution is 2.32. The van der Waals surface area contributed by atoms with E-state index in [0.717, 1.165) is 0 Å². The number of benzene rings is 1. The number of amides is 3. The van der Waals surface area contributed by atoms with Crippen LogP contribution in [0.4, 0.5) is 20.1 Å². The molecule has 3 amide bonds. The zero-order valence-electron chi connectivity index (χ0n) is 24.0. The van der Waals surface area contributed by atoms with Crippen molar-refractivity contribution < 1.29 is 38.1 Å². The lowest BCUT2D eigenvalue weighted by Gasteiger charge is -2.47. The van der Waals surface area contributed by atoms with E-state index in [1.54, 1.807) is 41.5 Å². The largest absolute Gasteiger partial charge is 0.467 e. The summed E-state index contributed by atoms with van der Waals surface area (Å²) < 4.78 is 21.8. The van der Waals surface area contributed by atoms with Crippen molar-refractivity contribution in [2.75, 3.05) is 26.7 Å². The van der Waals surface area contributed by atoms with E-state index in [1.165, 1.54) is 46.1 Å². The number of hydrogen-bond acceptors (Lipinski definition) is 10. The molecule has 1 heterocycles. The van der Waals surface area contributed by atoms with Crippen molar-refractivity contribution >= 4 is 29.9 Å². The first-order valence-electron chi connectivity index (χ1n) is 13.1. The van der Waals surface area contributed by atoms with Crippen LogP contribution in [0.1, 0.15) is 54.4 Å². The predicted octanol–water partition coefficient (Wildman–Crippen LogP) is 4.45. The van der Waals surface area contributed by atoms with Gasteiger partial charge in [0.1, 0.15) is 22.6 Å². The van der Waals surface area contributed by atoms with Crippen LogP contribution >= 0.6 is 0 Å². The second-order valence-corrected chi connectivity index (χ2v) is 11.7. The summed E-state index contributed by atoms with van der Waals surface area (Å²) in [5.41, 5.74) is -1.49. The van der Waals surface area contributed by atoms with Crippen molar-refractivity contribution in [1.29, 1.82) is 0 Å². The topological polar surface area (TPSA) is 144 Å². The van der Waals surface area contributed by atoms with E-state index in [0.29, 0.717) is 12.8 Å². The molecule has 1 aromatic carbocycles. The van der Waals surface area contributed by atoms with E-state index in [2.05, 4.69) is 5.18 Å². The number of carbonyl (C=O) groups excluding carboxylic acids is 4. The second-order valence-electron chi connectivity index (χ2n) is 11.7. The van der Waals surface area contributed by atoms with E-state index in [9.17, 15) is 24.1 Å². The van der Waals surface area contributed by atoms with E-state index in [-0.39, 0.29) is 37.1 Å². The van der Waals surface area contributed by atoms with Crippen LogP contribution in [-0.4, -0.2) is 95.0 Å². The number of rotatable bonds is 6. The van der Waals surface area contributed by atoms with Gasteiger partial charge in [-0.15, -0.1) is 4.91 Å². The Morgan fingerprint density at radius 1 is 0.900 bits per heavy atom. The third-order valence-corrected chi connectivity index (χ3v) is 6.13.